The Bertz CT molecular complexity index is 789. The summed E-state index contributed by atoms with van der Waals surface area (Å²) in [6.45, 7) is 0. The number of hydrogen-bond donors (Lipinski definition) is 1. The quantitative estimate of drug-likeness (QED) is 0.865. The summed E-state index contributed by atoms with van der Waals surface area (Å²) in [4.78, 5) is 15.0. The lowest BCUT2D eigenvalue weighted by Gasteiger charge is -2.07. The topological polar surface area (TPSA) is 85.4 Å². The van der Waals surface area contributed by atoms with Crippen molar-refractivity contribution in [2.24, 2.45) is 0 Å². The van der Waals surface area contributed by atoms with Crippen molar-refractivity contribution in [3.05, 3.63) is 41.0 Å². The summed E-state index contributed by atoms with van der Waals surface area (Å²) in [5, 5.41) is 0. The highest BCUT2D eigenvalue weighted by molar-refractivity contribution is 7.94. The van der Waals surface area contributed by atoms with Crippen LogP contribution < -0.4 is 4.72 Å². The van der Waals surface area contributed by atoms with Crippen molar-refractivity contribution in [1.82, 2.24) is 4.98 Å². The summed E-state index contributed by atoms with van der Waals surface area (Å²) in [5.74, 6) is -3.22. The Hall–Kier alpha value is -2.07. The van der Waals surface area contributed by atoms with Crippen LogP contribution in [0.1, 0.15) is 10.5 Å². The van der Waals surface area contributed by atoms with Crippen LogP contribution >= 0.6 is 11.3 Å². The van der Waals surface area contributed by atoms with E-state index in [1.165, 1.54) is 0 Å². The first-order chi connectivity index (χ1) is 9.85. The van der Waals surface area contributed by atoms with Crippen molar-refractivity contribution in [2.75, 3.05) is 11.8 Å². The number of methoxy groups -OCH3 is 1. The molecule has 112 valence electrons. The second-order valence-electron chi connectivity index (χ2n) is 3.71. The maximum atomic E-state index is 13.1. The molecule has 10 heteroatoms. The number of carbonyl (C=O) groups excluding carboxylic acids is 1. The van der Waals surface area contributed by atoms with Crippen LogP contribution in [0.25, 0.3) is 0 Å². The molecule has 1 aromatic carbocycles. The Labute approximate surface area is 122 Å². The summed E-state index contributed by atoms with van der Waals surface area (Å²) in [6, 6.07) is 2.52. The van der Waals surface area contributed by atoms with E-state index in [0.717, 1.165) is 24.8 Å². The number of anilines is 1. The van der Waals surface area contributed by atoms with E-state index >= 15 is 0 Å². The molecular weight excluding hydrogens is 326 g/mol. The standard InChI is InChI=1S/C11H8F2N2O4S2/c1-19-10(16)9-11(20-5-14-9)21(17,18)15-6-2-3-7(12)8(13)4-6/h2-5,15H,1H3. The molecule has 0 aliphatic rings. The third-order valence-electron chi connectivity index (χ3n) is 2.33. The van der Waals surface area contributed by atoms with Crippen LogP contribution in [-0.4, -0.2) is 26.5 Å². The van der Waals surface area contributed by atoms with Gasteiger partial charge in [0.25, 0.3) is 10.0 Å². The molecule has 0 fully saturated rings. The van der Waals surface area contributed by atoms with Gasteiger partial charge in [0.1, 0.15) is 0 Å². The summed E-state index contributed by atoms with van der Waals surface area (Å²) in [6.07, 6.45) is 0. The number of rotatable bonds is 4. The first-order valence-corrected chi connectivity index (χ1v) is 7.71. The summed E-state index contributed by atoms with van der Waals surface area (Å²) in [7, 11) is -3.09. The highest BCUT2D eigenvalue weighted by Gasteiger charge is 2.26. The molecule has 21 heavy (non-hydrogen) atoms. The molecule has 0 radical (unpaired) electrons. The van der Waals surface area contributed by atoms with Crippen LogP contribution in [0.3, 0.4) is 0 Å². The van der Waals surface area contributed by atoms with Gasteiger partial charge in [0, 0.05) is 6.07 Å². The molecule has 0 saturated carbocycles. The first-order valence-electron chi connectivity index (χ1n) is 5.35. The number of aromatic nitrogens is 1. The predicted octanol–water partition coefficient (Wildman–Crippen LogP) is 2.01. The molecule has 0 bridgehead atoms. The van der Waals surface area contributed by atoms with Crippen molar-refractivity contribution < 1.29 is 26.7 Å². The van der Waals surface area contributed by atoms with E-state index in [1.54, 1.807) is 0 Å². The second-order valence-corrected chi connectivity index (χ2v) is 6.45. The third-order valence-corrected chi connectivity index (χ3v) is 5.08. The molecule has 0 aliphatic heterocycles. The molecule has 1 N–H and O–H groups in total. The molecule has 1 heterocycles. The number of hydrogen-bond acceptors (Lipinski definition) is 6. The number of halogens is 2. The lowest BCUT2D eigenvalue weighted by Crippen LogP contribution is -2.16. The molecule has 0 atom stereocenters. The fourth-order valence-electron chi connectivity index (χ4n) is 1.42. The zero-order valence-corrected chi connectivity index (χ0v) is 12.1. The molecule has 0 aliphatic carbocycles. The van der Waals surface area contributed by atoms with Crippen LogP contribution in [-0.2, 0) is 14.8 Å². The number of esters is 1. The molecular formula is C11H8F2N2O4S2. The Balaban J connectivity index is 2.37. The van der Waals surface area contributed by atoms with Gasteiger partial charge in [-0.2, -0.15) is 0 Å². The fraction of sp³-hybridized carbons (Fsp3) is 0.0909. The van der Waals surface area contributed by atoms with E-state index in [2.05, 4.69) is 9.72 Å². The zero-order chi connectivity index (χ0) is 15.6. The van der Waals surface area contributed by atoms with Crippen LogP contribution in [0.4, 0.5) is 14.5 Å². The van der Waals surface area contributed by atoms with Gasteiger partial charge in [-0.25, -0.2) is 27.0 Å². The smallest absolute Gasteiger partial charge is 0.358 e. The molecule has 0 saturated heterocycles. The van der Waals surface area contributed by atoms with E-state index in [4.69, 9.17) is 0 Å². The minimum atomic E-state index is -4.17. The molecule has 2 rings (SSSR count). The van der Waals surface area contributed by atoms with E-state index in [1.807, 2.05) is 4.72 Å². The number of ether oxygens (including phenoxy) is 1. The third kappa shape index (κ3) is 3.16. The normalized spacial score (nSPS) is 11.2. The van der Waals surface area contributed by atoms with Crippen LogP contribution in [0.15, 0.2) is 27.9 Å². The van der Waals surface area contributed by atoms with Gasteiger partial charge in [-0.15, -0.1) is 11.3 Å². The van der Waals surface area contributed by atoms with Gasteiger partial charge < -0.3 is 4.74 Å². The minimum Gasteiger partial charge on any atom is -0.464 e. The largest absolute Gasteiger partial charge is 0.464 e. The van der Waals surface area contributed by atoms with Gasteiger partial charge in [-0.05, 0) is 12.1 Å². The zero-order valence-electron chi connectivity index (χ0n) is 10.5. The van der Waals surface area contributed by atoms with Crippen molar-refractivity contribution in [2.45, 2.75) is 4.21 Å². The Morgan fingerprint density at radius 3 is 2.67 bits per heavy atom. The van der Waals surface area contributed by atoms with Crippen molar-refractivity contribution in [3.8, 4) is 0 Å². The van der Waals surface area contributed by atoms with Crippen molar-refractivity contribution in [3.63, 3.8) is 0 Å². The van der Waals surface area contributed by atoms with Gasteiger partial charge in [0.15, 0.2) is 21.5 Å². The summed E-state index contributed by atoms with van der Waals surface area (Å²) < 4.78 is 56.2. The second kappa shape index (κ2) is 5.74. The molecule has 0 amide bonds. The van der Waals surface area contributed by atoms with Gasteiger partial charge in [-0.3, -0.25) is 4.72 Å². The molecule has 0 unspecified atom stereocenters. The van der Waals surface area contributed by atoms with E-state index in [-0.39, 0.29) is 15.6 Å². The summed E-state index contributed by atoms with van der Waals surface area (Å²) >= 11 is 0.697. The summed E-state index contributed by atoms with van der Waals surface area (Å²) in [5.41, 5.74) is 0.599. The number of sulfonamides is 1. The van der Waals surface area contributed by atoms with E-state index < -0.39 is 27.6 Å². The van der Waals surface area contributed by atoms with Crippen LogP contribution in [0.2, 0.25) is 0 Å². The predicted molar refractivity (Wildman–Crippen MR) is 70.6 cm³/mol. The van der Waals surface area contributed by atoms with Crippen molar-refractivity contribution in [1.29, 1.82) is 0 Å². The lowest BCUT2D eigenvalue weighted by molar-refractivity contribution is 0.0590. The maximum absolute atomic E-state index is 13.1. The molecule has 0 spiro atoms. The highest BCUT2D eigenvalue weighted by Crippen LogP contribution is 2.24. The molecule has 6 nitrogen and oxygen atoms in total. The van der Waals surface area contributed by atoms with Crippen LogP contribution in [0, 0.1) is 11.6 Å². The number of carbonyl (C=O) groups is 1. The Morgan fingerprint density at radius 2 is 2.05 bits per heavy atom. The van der Waals surface area contributed by atoms with Crippen molar-refractivity contribution >= 4 is 33.0 Å². The highest BCUT2D eigenvalue weighted by atomic mass is 32.2. The number of benzene rings is 1. The average molecular weight is 334 g/mol. The minimum absolute atomic E-state index is 0.182. The fourth-order valence-corrected chi connectivity index (χ4v) is 3.60. The van der Waals surface area contributed by atoms with E-state index in [9.17, 15) is 22.0 Å². The number of nitrogens with zero attached hydrogens (tertiary/aromatic N) is 1. The Kier molecular flexibility index (Phi) is 4.19. The Morgan fingerprint density at radius 1 is 1.33 bits per heavy atom. The van der Waals surface area contributed by atoms with Gasteiger partial charge >= 0.3 is 5.97 Å². The number of nitrogens with one attached hydrogen (secondary N) is 1. The van der Waals surface area contributed by atoms with Gasteiger partial charge in [-0.1, -0.05) is 0 Å². The SMILES string of the molecule is COC(=O)c1ncsc1S(=O)(=O)Nc1ccc(F)c(F)c1. The average Bonchev–Trinajstić information content (AvgIpc) is 2.92. The van der Waals surface area contributed by atoms with Gasteiger partial charge in [0.2, 0.25) is 0 Å². The van der Waals surface area contributed by atoms with Crippen LogP contribution in [0.5, 0.6) is 0 Å². The first kappa shape index (κ1) is 15.3. The molecule has 1 aromatic heterocycles. The lowest BCUT2D eigenvalue weighted by atomic mass is 10.3. The monoisotopic (exact) mass is 334 g/mol. The molecule has 2 aromatic rings. The number of thiazole rings is 1. The van der Waals surface area contributed by atoms with E-state index in [0.29, 0.717) is 17.4 Å². The maximum Gasteiger partial charge on any atom is 0.358 e. The van der Waals surface area contributed by atoms with Gasteiger partial charge in [0.05, 0.1) is 18.3 Å².